The number of nitrogens with two attached hydrogens (primary N) is 1. The lowest BCUT2D eigenvalue weighted by molar-refractivity contribution is 0.594. The van der Waals surface area contributed by atoms with Crippen molar-refractivity contribution in [3.8, 4) is 0 Å². The maximum atomic E-state index is 11.9. The molecule has 0 saturated heterocycles. The van der Waals surface area contributed by atoms with E-state index in [9.17, 15) is 8.42 Å². The second kappa shape index (κ2) is 5.18. The van der Waals surface area contributed by atoms with E-state index in [2.05, 4.69) is 13.8 Å². The van der Waals surface area contributed by atoms with Crippen LogP contribution in [-0.4, -0.2) is 13.4 Å². The molecule has 1 aromatic heterocycles. The first kappa shape index (κ1) is 15.2. The molecule has 1 heterocycles. The van der Waals surface area contributed by atoms with Crippen molar-refractivity contribution in [1.29, 1.82) is 0 Å². The van der Waals surface area contributed by atoms with E-state index in [4.69, 9.17) is 10.1 Å². The van der Waals surface area contributed by atoms with Crippen LogP contribution in [0.5, 0.6) is 0 Å². The fourth-order valence-corrected chi connectivity index (χ4v) is 3.78. The van der Waals surface area contributed by atoms with E-state index in [1.165, 1.54) is 0 Å². The molecule has 22 heavy (non-hydrogen) atoms. The third-order valence-electron chi connectivity index (χ3n) is 4.31. The van der Waals surface area contributed by atoms with Crippen molar-refractivity contribution < 1.29 is 8.42 Å². The minimum absolute atomic E-state index is 0.212. The fourth-order valence-electron chi connectivity index (χ4n) is 2.94. The average Bonchev–Trinajstić information content (AvgIpc) is 3.28. The Hall–Kier alpha value is -1.72. The largest absolute Gasteiger partial charge is 0.257 e. The number of nitrogens with zero attached hydrogens (tertiary/aromatic N) is 1. The molecular formula is C17H20N2O2S. The van der Waals surface area contributed by atoms with Gasteiger partial charge in [-0.05, 0) is 42.5 Å². The molecule has 2 N–H and O–H groups in total. The van der Waals surface area contributed by atoms with Crippen LogP contribution in [0.1, 0.15) is 49.6 Å². The number of rotatable bonds is 4. The van der Waals surface area contributed by atoms with Gasteiger partial charge in [0.05, 0.1) is 10.6 Å². The molecule has 1 aliphatic rings. The molecule has 4 nitrogen and oxygen atoms in total. The van der Waals surface area contributed by atoms with Crippen LogP contribution in [0.2, 0.25) is 0 Å². The van der Waals surface area contributed by atoms with Crippen LogP contribution >= 0.6 is 0 Å². The maximum Gasteiger partial charge on any atom is 0.238 e. The third-order valence-corrected chi connectivity index (χ3v) is 5.28. The number of pyridine rings is 1. The summed E-state index contributed by atoms with van der Waals surface area (Å²) in [6.07, 6.45) is 1.79. The number of aromatic nitrogens is 1. The summed E-state index contributed by atoms with van der Waals surface area (Å²) in [5.41, 5.74) is 2.42. The van der Waals surface area contributed by atoms with Gasteiger partial charge in [-0.3, -0.25) is 4.98 Å². The zero-order chi connectivity index (χ0) is 16.0. The van der Waals surface area contributed by atoms with E-state index in [-0.39, 0.29) is 10.3 Å². The monoisotopic (exact) mass is 316 g/mol. The number of hydrogen-bond acceptors (Lipinski definition) is 3. The van der Waals surface area contributed by atoms with Crippen LogP contribution in [0.25, 0.3) is 0 Å². The van der Waals surface area contributed by atoms with Gasteiger partial charge >= 0.3 is 0 Å². The van der Waals surface area contributed by atoms with Gasteiger partial charge in [0.2, 0.25) is 10.0 Å². The first-order valence-corrected chi connectivity index (χ1v) is 8.99. The third kappa shape index (κ3) is 2.55. The summed E-state index contributed by atoms with van der Waals surface area (Å²) in [7, 11) is -3.74. The van der Waals surface area contributed by atoms with E-state index in [1.807, 2.05) is 30.3 Å². The van der Waals surface area contributed by atoms with Gasteiger partial charge in [0.25, 0.3) is 0 Å². The van der Waals surface area contributed by atoms with Crippen LogP contribution in [0.3, 0.4) is 0 Å². The molecule has 0 unspecified atom stereocenters. The van der Waals surface area contributed by atoms with E-state index in [1.54, 1.807) is 12.1 Å². The molecule has 0 spiro atoms. The quantitative estimate of drug-likeness (QED) is 0.942. The molecular weight excluding hydrogens is 296 g/mol. The van der Waals surface area contributed by atoms with E-state index in [0.29, 0.717) is 5.92 Å². The van der Waals surface area contributed by atoms with Crippen LogP contribution in [0, 0.1) is 0 Å². The number of sulfonamides is 1. The Morgan fingerprint density at radius 2 is 1.77 bits per heavy atom. The lowest BCUT2D eigenvalue weighted by atomic mass is 9.91. The van der Waals surface area contributed by atoms with Crippen molar-refractivity contribution in [1.82, 2.24) is 4.98 Å². The predicted octanol–water partition coefficient (Wildman–Crippen LogP) is 2.93. The summed E-state index contributed by atoms with van der Waals surface area (Å²) in [6, 6.07) is 13.0. The Morgan fingerprint density at radius 3 is 2.36 bits per heavy atom. The van der Waals surface area contributed by atoms with Crippen molar-refractivity contribution in [3.63, 3.8) is 0 Å². The molecule has 1 fully saturated rings. The van der Waals surface area contributed by atoms with Crippen LogP contribution in [0.15, 0.2) is 47.4 Å². The lowest BCUT2D eigenvalue weighted by Crippen LogP contribution is -2.20. The van der Waals surface area contributed by atoms with Gasteiger partial charge in [0, 0.05) is 11.1 Å². The molecule has 0 radical (unpaired) electrons. The zero-order valence-corrected chi connectivity index (χ0v) is 13.6. The molecule has 1 aromatic carbocycles. The van der Waals surface area contributed by atoms with Crippen molar-refractivity contribution >= 4 is 10.0 Å². The number of hydrogen-bond donors (Lipinski definition) is 1. The van der Waals surface area contributed by atoms with Gasteiger partial charge in [-0.25, -0.2) is 13.6 Å². The van der Waals surface area contributed by atoms with Crippen molar-refractivity contribution in [2.24, 2.45) is 5.14 Å². The molecule has 0 amide bonds. The van der Waals surface area contributed by atoms with Crippen LogP contribution in [-0.2, 0) is 15.4 Å². The van der Waals surface area contributed by atoms with Crippen molar-refractivity contribution in [2.45, 2.75) is 42.9 Å². The SMILES string of the molecule is CC(C)c1cccc(C2(c3ccccc3S(N)(=O)=O)CC2)n1. The Bertz CT molecular complexity index is 809. The molecule has 3 rings (SSSR count). The minimum Gasteiger partial charge on any atom is -0.257 e. The normalized spacial score (nSPS) is 16.7. The summed E-state index contributed by atoms with van der Waals surface area (Å²) < 4.78 is 23.8. The molecule has 5 heteroatoms. The second-order valence-corrected chi connectivity index (χ2v) is 7.76. The maximum absolute atomic E-state index is 11.9. The molecule has 0 aliphatic heterocycles. The highest BCUT2D eigenvalue weighted by molar-refractivity contribution is 7.89. The van der Waals surface area contributed by atoms with E-state index >= 15 is 0 Å². The second-order valence-electron chi connectivity index (χ2n) is 6.23. The van der Waals surface area contributed by atoms with E-state index < -0.39 is 10.0 Å². The van der Waals surface area contributed by atoms with Crippen molar-refractivity contribution in [3.05, 3.63) is 59.4 Å². The summed E-state index contributed by atoms with van der Waals surface area (Å²) in [5, 5.41) is 5.39. The van der Waals surface area contributed by atoms with Gasteiger partial charge in [0.15, 0.2) is 0 Å². The molecule has 116 valence electrons. The summed E-state index contributed by atoms with van der Waals surface area (Å²) in [4.78, 5) is 4.98. The van der Waals surface area contributed by atoms with Gasteiger partial charge in [0.1, 0.15) is 0 Å². The highest BCUT2D eigenvalue weighted by atomic mass is 32.2. The van der Waals surface area contributed by atoms with Crippen LogP contribution in [0.4, 0.5) is 0 Å². The summed E-state index contributed by atoms with van der Waals surface area (Å²) >= 11 is 0. The predicted molar refractivity (Wildman–Crippen MR) is 86.2 cm³/mol. The first-order valence-electron chi connectivity index (χ1n) is 7.44. The Labute approximate surface area is 131 Å². The Balaban J connectivity index is 2.15. The Morgan fingerprint density at radius 1 is 1.09 bits per heavy atom. The number of primary sulfonamides is 1. The van der Waals surface area contributed by atoms with Gasteiger partial charge in [-0.2, -0.15) is 0 Å². The van der Waals surface area contributed by atoms with Gasteiger partial charge < -0.3 is 0 Å². The molecule has 0 atom stereocenters. The molecule has 1 saturated carbocycles. The minimum atomic E-state index is -3.74. The summed E-state index contributed by atoms with van der Waals surface area (Å²) in [5.74, 6) is 0.337. The average molecular weight is 316 g/mol. The fraction of sp³-hybridized carbons (Fsp3) is 0.353. The molecule has 0 bridgehead atoms. The standard InChI is InChI=1S/C17H20N2O2S/c1-12(2)14-7-5-9-16(19-14)17(10-11-17)13-6-3-4-8-15(13)22(18,20)21/h3-9,12H,10-11H2,1-2H3,(H2,18,20,21). The highest BCUT2D eigenvalue weighted by Gasteiger charge is 2.49. The Kier molecular flexibility index (Phi) is 3.57. The first-order chi connectivity index (χ1) is 10.3. The topological polar surface area (TPSA) is 73.1 Å². The van der Waals surface area contributed by atoms with Crippen molar-refractivity contribution in [2.75, 3.05) is 0 Å². The summed E-state index contributed by atoms with van der Waals surface area (Å²) in [6.45, 7) is 4.20. The highest BCUT2D eigenvalue weighted by Crippen LogP contribution is 2.54. The van der Waals surface area contributed by atoms with E-state index in [0.717, 1.165) is 29.8 Å². The van der Waals surface area contributed by atoms with Gasteiger partial charge in [-0.15, -0.1) is 0 Å². The smallest absolute Gasteiger partial charge is 0.238 e. The molecule has 1 aliphatic carbocycles. The van der Waals surface area contributed by atoms with Gasteiger partial charge in [-0.1, -0.05) is 38.1 Å². The zero-order valence-electron chi connectivity index (χ0n) is 12.8. The lowest BCUT2D eigenvalue weighted by Gasteiger charge is -2.19. The molecule has 2 aromatic rings. The van der Waals surface area contributed by atoms with Crippen LogP contribution < -0.4 is 5.14 Å². The number of benzene rings is 1.